The summed E-state index contributed by atoms with van der Waals surface area (Å²) in [5.41, 5.74) is 1.23. The first-order valence-electron chi connectivity index (χ1n) is 7.09. The van der Waals surface area contributed by atoms with Gasteiger partial charge in [0.15, 0.2) is 0 Å². The Morgan fingerprint density at radius 3 is 2.25 bits per heavy atom. The molecule has 2 amide bonds. The third kappa shape index (κ3) is 5.23. The zero-order valence-corrected chi connectivity index (χ0v) is 16.0. The third-order valence-corrected chi connectivity index (χ3v) is 4.46. The second-order valence-corrected chi connectivity index (χ2v) is 6.93. The Balaban J connectivity index is 1.93. The van der Waals surface area contributed by atoms with Crippen molar-refractivity contribution in [3.8, 4) is 0 Å². The summed E-state index contributed by atoms with van der Waals surface area (Å²) in [6.07, 6.45) is 0.226. The molecule has 0 saturated carbocycles. The van der Waals surface area contributed by atoms with Crippen LogP contribution in [0.1, 0.15) is 5.56 Å². The predicted molar refractivity (Wildman–Crippen MR) is 101 cm³/mol. The molecule has 0 radical (unpaired) electrons. The molecule has 0 heterocycles. The van der Waals surface area contributed by atoms with Crippen LogP contribution >= 0.6 is 39.1 Å². The van der Waals surface area contributed by atoms with Gasteiger partial charge in [0.1, 0.15) is 0 Å². The first-order valence-corrected chi connectivity index (χ1v) is 8.64. The second-order valence-electron chi connectivity index (χ2n) is 5.20. The molecule has 0 spiro atoms. The van der Waals surface area contributed by atoms with E-state index in [4.69, 9.17) is 23.2 Å². The van der Waals surface area contributed by atoms with Gasteiger partial charge < -0.3 is 10.2 Å². The van der Waals surface area contributed by atoms with E-state index in [0.717, 1.165) is 10.0 Å². The average Bonchev–Trinajstić information content (AvgIpc) is 2.53. The summed E-state index contributed by atoms with van der Waals surface area (Å²) in [7, 11) is 1.58. The maximum atomic E-state index is 12.2. The Morgan fingerprint density at radius 2 is 1.67 bits per heavy atom. The van der Waals surface area contributed by atoms with Crippen molar-refractivity contribution in [1.29, 1.82) is 0 Å². The number of benzene rings is 2. The molecule has 2 aromatic carbocycles. The van der Waals surface area contributed by atoms with E-state index in [1.165, 1.54) is 4.90 Å². The maximum absolute atomic E-state index is 12.2. The van der Waals surface area contributed by atoms with Gasteiger partial charge in [-0.1, -0.05) is 57.3 Å². The molecule has 0 atom stereocenters. The van der Waals surface area contributed by atoms with E-state index in [1.807, 2.05) is 24.3 Å². The maximum Gasteiger partial charge on any atom is 0.244 e. The van der Waals surface area contributed by atoms with Gasteiger partial charge in [-0.2, -0.15) is 0 Å². The standard InChI is InChI=1S/C17H15BrCl2N2O2/c1-22(16(24)9-11-5-7-12(18)8-6-11)10-15(23)21-17-13(19)3-2-4-14(17)20/h2-8H,9-10H2,1H3,(H,21,23). The van der Waals surface area contributed by atoms with E-state index in [-0.39, 0.29) is 24.8 Å². The molecule has 4 nitrogen and oxygen atoms in total. The topological polar surface area (TPSA) is 49.4 Å². The zero-order chi connectivity index (χ0) is 17.7. The number of nitrogens with zero attached hydrogens (tertiary/aromatic N) is 1. The number of para-hydroxylation sites is 1. The number of halogens is 3. The molecule has 7 heteroatoms. The molecule has 0 aliphatic heterocycles. The molecule has 2 aromatic rings. The molecule has 1 N–H and O–H groups in total. The van der Waals surface area contributed by atoms with Gasteiger partial charge in [-0.05, 0) is 29.8 Å². The Hall–Kier alpha value is -1.56. The number of rotatable bonds is 5. The molecule has 0 bridgehead atoms. The zero-order valence-electron chi connectivity index (χ0n) is 12.9. The van der Waals surface area contributed by atoms with Crippen LogP contribution in [0.4, 0.5) is 5.69 Å². The van der Waals surface area contributed by atoms with Gasteiger partial charge in [-0.3, -0.25) is 9.59 Å². The summed E-state index contributed by atoms with van der Waals surface area (Å²) in [6.45, 7) is -0.0864. The summed E-state index contributed by atoms with van der Waals surface area (Å²) in [6, 6.07) is 12.4. The van der Waals surface area contributed by atoms with Gasteiger partial charge in [0.25, 0.3) is 0 Å². The van der Waals surface area contributed by atoms with Crippen LogP contribution in [0.2, 0.25) is 10.0 Å². The van der Waals surface area contributed by atoms with Crippen molar-refractivity contribution in [2.45, 2.75) is 6.42 Å². The van der Waals surface area contributed by atoms with Crippen molar-refractivity contribution in [2.24, 2.45) is 0 Å². The van der Waals surface area contributed by atoms with Crippen LogP contribution in [0, 0.1) is 0 Å². The van der Waals surface area contributed by atoms with Gasteiger partial charge >= 0.3 is 0 Å². The molecule has 0 saturated heterocycles. The third-order valence-electron chi connectivity index (χ3n) is 3.30. The highest BCUT2D eigenvalue weighted by molar-refractivity contribution is 9.10. The Kier molecular flexibility index (Phi) is 6.66. The highest BCUT2D eigenvalue weighted by Crippen LogP contribution is 2.29. The predicted octanol–water partition coefficient (Wildman–Crippen LogP) is 4.40. The lowest BCUT2D eigenvalue weighted by molar-refractivity contribution is -0.132. The monoisotopic (exact) mass is 428 g/mol. The molecular weight excluding hydrogens is 415 g/mol. The largest absolute Gasteiger partial charge is 0.336 e. The van der Waals surface area contributed by atoms with E-state index in [0.29, 0.717) is 15.7 Å². The number of hydrogen-bond donors (Lipinski definition) is 1. The van der Waals surface area contributed by atoms with Gasteiger partial charge in [0, 0.05) is 11.5 Å². The number of carbonyl (C=O) groups excluding carboxylic acids is 2. The first-order chi connectivity index (χ1) is 11.4. The minimum atomic E-state index is -0.364. The average molecular weight is 430 g/mol. The van der Waals surface area contributed by atoms with Crippen LogP contribution in [0.25, 0.3) is 0 Å². The van der Waals surface area contributed by atoms with Crippen LogP contribution in [0.5, 0.6) is 0 Å². The van der Waals surface area contributed by atoms with Crippen LogP contribution < -0.4 is 5.32 Å². The van der Waals surface area contributed by atoms with Crippen molar-refractivity contribution in [3.05, 3.63) is 62.5 Å². The first kappa shape index (κ1) is 18.8. The Labute approximate surface area is 158 Å². The Morgan fingerprint density at radius 1 is 1.08 bits per heavy atom. The van der Waals surface area contributed by atoms with Gasteiger partial charge in [-0.15, -0.1) is 0 Å². The molecule has 0 fully saturated rings. The summed E-state index contributed by atoms with van der Waals surface area (Å²) < 4.78 is 0.947. The van der Waals surface area contributed by atoms with Crippen LogP contribution in [0.15, 0.2) is 46.9 Å². The quantitative estimate of drug-likeness (QED) is 0.765. The van der Waals surface area contributed by atoms with Gasteiger partial charge in [-0.25, -0.2) is 0 Å². The van der Waals surface area contributed by atoms with Crippen molar-refractivity contribution in [1.82, 2.24) is 4.90 Å². The van der Waals surface area contributed by atoms with Crippen LogP contribution in [-0.2, 0) is 16.0 Å². The van der Waals surface area contributed by atoms with Crippen molar-refractivity contribution in [3.63, 3.8) is 0 Å². The second kappa shape index (κ2) is 8.51. The normalized spacial score (nSPS) is 10.3. The van der Waals surface area contributed by atoms with E-state index in [1.54, 1.807) is 25.2 Å². The van der Waals surface area contributed by atoms with Crippen molar-refractivity contribution in [2.75, 3.05) is 18.9 Å². The van der Waals surface area contributed by atoms with E-state index >= 15 is 0 Å². The number of likely N-dealkylation sites (N-methyl/N-ethyl adjacent to an activating group) is 1. The van der Waals surface area contributed by atoms with E-state index in [2.05, 4.69) is 21.2 Å². The molecular formula is C17H15BrCl2N2O2. The lowest BCUT2D eigenvalue weighted by Crippen LogP contribution is -2.35. The molecule has 0 aliphatic carbocycles. The number of hydrogen-bond acceptors (Lipinski definition) is 2. The highest BCUT2D eigenvalue weighted by Gasteiger charge is 2.15. The van der Waals surface area contributed by atoms with E-state index < -0.39 is 0 Å². The number of amides is 2. The van der Waals surface area contributed by atoms with Gasteiger partial charge in [0.05, 0.1) is 28.7 Å². The summed E-state index contributed by atoms with van der Waals surface area (Å²) in [4.78, 5) is 25.7. The summed E-state index contributed by atoms with van der Waals surface area (Å²) >= 11 is 15.4. The molecule has 126 valence electrons. The fraction of sp³-hybridized carbons (Fsp3) is 0.176. The smallest absolute Gasteiger partial charge is 0.244 e. The van der Waals surface area contributed by atoms with E-state index in [9.17, 15) is 9.59 Å². The minimum Gasteiger partial charge on any atom is -0.336 e. The summed E-state index contributed by atoms with van der Waals surface area (Å²) in [5, 5.41) is 3.33. The fourth-order valence-electron chi connectivity index (χ4n) is 2.01. The lowest BCUT2D eigenvalue weighted by Gasteiger charge is -2.17. The van der Waals surface area contributed by atoms with Crippen LogP contribution in [-0.4, -0.2) is 30.3 Å². The van der Waals surface area contributed by atoms with Crippen LogP contribution in [0.3, 0.4) is 0 Å². The van der Waals surface area contributed by atoms with Crippen molar-refractivity contribution >= 4 is 56.6 Å². The number of nitrogens with one attached hydrogen (secondary N) is 1. The molecule has 24 heavy (non-hydrogen) atoms. The fourth-order valence-corrected chi connectivity index (χ4v) is 2.77. The van der Waals surface area contributed by atoms with Crippen molar-refractivity contribution < 1.29 is 9.59 Å². The summed E-state index contributed by atoms with van der Waals surface area (Å²) in [5.74, 6) is -0.519. The lowest BCUT2D eigenvalue weighted by atomic mass is 10.1. The molecule has 0 aliphatic rings. The van der Waals surface area contributed by atoms with Gasteiger partial charge in [0.2, 0.25) is 11.8 Å². The number of carbonyl (C=O) groups is 2. The number of anilines is 1. The minimum absolute atomic E-state index is 0.0864. The molecule has 0 unspecified atom stereocenters. The molecule has 0 aromatic heterocycles. The highest BCUT2D eigenvalue weighted by atomic mass is 79.9. The Bertz CT molecular complexity index is 731. The molecule has 2 rings (SSSR count). The SMILES string of the molecule is CN(CC(=O)Nc1c(Cl)cccc1Cl)C(=O)Cc1ccc(Br)cc1.